The maximum atomic E-state index is 11.7. The van der Waals surface area contributed by atoms with Crippen molar-refractivity contribution >= 4 is 17.6 Å². The van der Waals surface area contributed by atoms with Crippen molar-refractivity contribution < 1.29 is 4.79 Å². The van der Waals surface area contributed by atoms with Crippen molar-refractivity contribution in [2.45, 2.75) is 31.8 Å². The van der Waals surface area contributed by atoms with E-state index < -0.39 is 0 Å². The van der Waals surface area contributed by atoms with Gasteiger partial charge in [-0.1, -0.05) is 36.2 Å². The molecule has 1 aliphatic heterocycles. The van der Waals surface area contributed by atoms with Gasteiger partial charge in [0.2, 0.25) is 0 Å². The van der Waals surface area contributed by atoms with E-state index in [1.54, 1.807) is 0 Å². The van der Waals surface area contributed by atoms with E-state index in [1.807, 2.05) is 24.3 Å². The zero-order valence-corrected chi connectivity index (χ0v) is 11.7. The Hall–Kier alpha value is -1.26. The smallest absolute Gasteiger partial charge is 0.315 e. The molecule has 4 nitrogen and oxygen atoms in total. The number of nitrogens with one attached hydrogen (secondary N) is 3. The summed E-state index contributed by atoms with van der Waals surface area (Å²) in [5.41, 5.74) is 0.926. The maximum Gasteiger partial charge on any atom is 0.315 e. The van der Waals surface area contributed by atoms with Gasteiger partial charge < -0.3 is 16.0 Å². The van der Waals surface area contributed by atoms with E-state index in [4.69, 9.17) is 11.6 Å². The molecule has 0 spiro atoms. The fourth-order valence-corrected chi connectivity index (χ4v) is 2.40. The lowest BCUT2D eigenvalue weighted by Gasteiger charge is -2.23. The van der Waals surface area contributed by atoms with Gasteiger partial charge in [-0.25, -0.2) is 4.79 Å². The second-order valence-electron chi connectivity index (χ2n) is 4.80. The molecular formula is C14H20ClN3O. The van der Waals surface area contributed by atoms with Gasteiger partial charge in [-0.3, -0.25) is 0 Å². The zero-order chi connectivity index (χ0) is 13.5. The minimum atomic E-state index is -0.146. The molecule has 0 bridgehead atoms. The van der Waals surface area contributed by atoms with Crippen LogP contribution in [0.4, 0.5) is 4.79 Å². The number of hydrogen-bond acceptors (Lipinski definition) is 2. The topological polar surface area (TPSA) is 53.2 Å². The average molecular weight is 282 g/mol. The minimum absolute atomic E-state index is 0.146. The van der Waals surface area contributed by atoms with Crippen LogP contribution in [-0.4, -0.2) is 25.2 Å². The molecule has 0 radical (unpaired) electrons. The van der Waals surface area contributed by atoms with Gasteiger partial charge in [0.15, 0.2) is 0 Å². The van der Waals surface area contributed by atoms with Crippen molar-refractivity contribution in [3.8, 4) is 0 Å². The SMILES string of the molecule is O=C(NCc1ccccc1Cl)NCC1CCCCN1. The molecule has 0 saturated carbocycles. The number of rotatable bonds is 4. The van der Waals surface area contributed by atoms with Crippen molar-refractivity contribution in [1.82, 2.24) is 16.0 Å². The van der Waals surface area contributed by atoms with Crippen LogP contribution < -0.4 is 16.0 Å². The van der Waals surface area contributed by atoms with Gasteiger partial charge >= 0.3 is 6.03 Å². The Labute approximate surface area is 118 Å². The van der Waals surface area contributed by atoms with Gasteiger partial charge in [-0.05, 0) is 31.0 Å². The molecular weight excluding hydrogens is 262 g/mol. The summed E-state index contributed by atoms with van der Waals surface area (Å²) in [4.78, 5) is 11.7. The Morgan fingerprint density at radius 2 is 2.16 bits per heavy atom. The van der Waals surface area contributed by atoms with Gasteiger partial charge in [0.25, 0.3) is 0 Å². The second kappa shape index (κ2) is 7.36. The zero-order valence-electron chi connectivity index (χ0n) is 10.9. The van der Waals surface area contributed by atoms with Gasteiger partial charge in [0, 0.05) is 24.2 Å². The van der Waals surface area contributed by atoms with Crippen LogP contribution in [0.5, 0.6) is 0 Å². The van der Waals surface area contributed by atoms with Crippen LogP contribution >= 0.6 is 11.6 Å². The molecule has 104 valence electrons. The summed E-state index contributed by atoms with van der Waals surface area (Å²) in [5.74, 6) is 0. The number of urea groups is 1. The van der Waals surface area contributed by atoms with Crippen molar-refractivity contribution in [2.24, 2.45) is 0 Å². The van der Waals surface area contributed by atoms with Crippen molar-refractivity contribution in [3.05, 3.63) is 34.9 Å². The molecule has 1 atom stereocenters. The third-order valence-corrected chi connectivity index (χ3v) is 3.69. The van der Waals surface area contributed by atoms with Gasteiger partial charge in [-0.15, -0.1) is 0 Å². The minimum Gasteiger partial charge on any atom is -0.337 e. The number of carbonyl (C=O) groups excluding carboxylic acids is 1. The monoisotopic (exact) mass is 281 g/mol. The highest BCUT2D eigenvalue weighted by molar-refractivity contribution is 6.31. The van der Waals surface area contributed by atoms with E-state index in [0.717, 1.165) is 18.5 Å². The van der Waals surface area contributed by atoms with Crippen LogP contribution in [0, 0.1) is 0 Å². The van der Waals surface area contributed by atoms with Crippen molar-refractivity contribution in [2.75, 3.05) is 13.1 Å². The van der Waals surface area contributed by atoms with Crippen LogP contribution in [0.15, 0.2) is 24.3 Å². The molecule has 19 heavy (non-hydrogen) atoms. The highest BCUT2D eigenvalue weighted by Crippen LogP contribution is 2.14. The third kappa shape index (κ3) is 4.73. The fourth-order valence-electron chi connectivity index (χ4n) is 2.19. The first kappa shape index (κ1) is 14.2. The Morgan fingerprint density at radius 1 is 1.32 bits per heavy atom. The molecule has 2 amide bonds. The first-order chi connectivity index (χ1) is 9.25. The van der Waals surface area contributed by atoms with E-state index in [-0.39, 0.29) is 6.03 Å². The van der Waals surface area contributed by atoms with Gasteiger partial charge in [0.05, 0.1) is 0 Å². The molecule has 1 saturated heterocycles. The Kier molecular flexibility index (Phi) is 5.48. The molecule has 2 rings (SSSR count). The predicted molar refractivity (Wildman–Crippen MR) is 77.3 cm³/mol. The summed E-state index contributed by atoms with van der Waals surface area (Å²) >= 11 is 6.02. The normalized spacial score (nSPS) is 18.9. The second-order valence-corrected chi connectivity index (χ2v) is 5.21. The molecule has 0 aliphatic carbocycles. The van der Waals surface area contributed by atoms with Crippen LogP contribution in [0.3, 0.4) is 0 Å². The molecule has 1 aromatic rings. The first-order valence-electron chi connectivity index (χ1n) is 6.74. The number of benzene rings is 1. The number of amides is 2. The summed E-state index contributed by atoms with van der Waals surface area (Å²) in [7, 11) is 0. The molecule has 1 unspecified atom stereocenters. The third-order valence-electron chi connectivity index (χ3n) is 3.32. The fraction of sp³-hybridized carbons (Fsp3) is 0.500. The molecule has 0 aromatic heterocycles. The number of piperidine rings is 1. The van der Waals surface area contributed by atoms with E-state index >= 15 is 0 Å². The van der Waals surface area contributed by atoms with E-state index in [9.17, 15) is 4.79 Å². The predicted octanol–water partition coefficient (Wildman–Crippen LogP) is 2.28. The number of hydrogen-bond donors (Lipinski definition) is 3. The molecule has 1 aliphatic rings. The summed E-state index contributed by atoms with van der Waals surface area (Å²) in [6, 6.07) is 7.77. The lowest BCUT2D eigenvalue weighted by molar-refractivity contribution is 0.238. The molecule has 1 heterocycles. The van der Waals surface area contributed by atoms with Gasteiger partial charge in [-0.2, -0.15) is 0 Å². The first-order valence-corrected chi connectivity index (χ1v) is 7.12. The van der Waals surface area contributed by atoms with Crippen LogP contribution in [0.1, 0.15) is 24.8 Å². The Morgan fingerprint density at radius 3 is 2.89 bits per heavy atom. The molecule has 1 aromatic carbocycles. The molecule has 1 fully saturated rings. The summed E-state index contributed by atoms with van der Waals surface area (Å²) in [6.07, 6.45) is 3.60. The van der Waals surface area contributed by atoms with E-state index in [2.05, 4.69) is 16.0 Å². The van der Waals surface area contributed by atoms with Crippen LogP contribution in [-0.2, 0) is 6.54 Å². The maximum absolute atomic E-state index is 11.7. The standard InChI is InChI=1S/C14H20ClN3O/c15-13-7-2-1-5-11(13)9-17-14(19)18-10-12-6-3-4-8-16-12/h1-2,5,7,12,16H,3-4,6,8-10H2,(H2,17,18,19). The lowest BCUT2D eigenvalue weighted by Crippen LogP contribution is -2.46. The largest absolute Gasteiger partial charge is 0.337 e. The van der Waals surface area contributed by atoms with Crippen molar-refractivity contribution in [3.63, 3.8) is 0 Å². The van der Waals surface area contributed by atoms with E-state index in [1.165, 1.54) is 12.8 Å². The van der Waals surface area contributed by atoms with Crippen molar-refractivity contribution in [1.29, 1.82) is 0 Å². The summed E-state index contributed by atoms with van der Waals surface area (Å²) in [5, 5.41) is 9.77. The average Bonchev–Trinajstić information content (AvgIpc) is 2.45. The lowest BCUT2D eigenvalue weighted by atomic mass is 10.1. The van der Waals surface area contributed by atoms with Crippen LogP contribution in [0.2, 0.25) is 5.02 Å². The number of halogens is 1. The quantitative estimate of drug-likeness (QED) is 0.793. The molecule has 3 N–H and O–H groups in total. The highest BCUT2D eigenvalue weighted by Gasteiger charge is 2.13. The van der Waals surface area contributed by atoms with Gasteiger partial charge in [0.1, 0.15) is 0 Å². The highest BCUT2D eigenvalue weighted by atomic mass is 35.5. The van der Waals surface area contributed by atoms with Crippen LogP contribution in [0.25, 0.3) is 0 Å². The van der Waals surface area contributed by atoms with E-state index in [0.29, 0.717) is 24.2 Å². The molecule has 5 heteroatoms. The Bertz CT molecular complexity index is 419. The summed E-state index contributed by atoms with van der Waals surface area (Å²) < 4.78 is 0. The number of carbonyl (C=O) groups is 1. The Balaban J connectivity index is 1.68. The summed E-state index contributed by atoms with van der Waals surface area (Å²) in [6.45, 7) is 2.17.